The molecule has 1 unspecified atom stereocenters. The van der Waals surface area contributed by atoms with Gasteiger partial charge in [-0.05, 0) is 36.0 Å². The zero-order chi connectivity index (χ0) is 14.6. The van der Waals surface area contributed by atoms with Gasteiger partial charge in [-0.25, -0.2) is 4.39 Å². The molecule has 0 aliphatic carbocycles. The summed E-state index contributed by atoms with van der Waals surface area (Å²) in [6.45, 7) is 3.87. The standard InChI is InChI=1S/C15H21BrFNO2/c1-3-20-15(7-9-19-10-8-15)14(18-2)11-5-4-6-12(16)13(11)17/h4-6,14,18H,3,7-10H2,1-2H3. The Bertz CT molecular complexity index is 444. The normalized spacial score (nSPS) is 19.8. The Morgan fingerprint density at radius 1 is 1.45 bits per heavy atom. The number of halogens is 2. The fourth-order valence-corrected chi connectivity index (χ4v) is 3.35. The van der Waals surface area contributed by atoms with Gasteiger partial charge in [-0.3, -0.25) is 0 Å². The first kappa shape index (κ1) is 15.9. The number of nitrogens with one attached hydrogen (secondary N) is 1. The van der Waals surface area contributed by atoms with Gasteiger partial charge in [0.15, 0.2) is 0 Å². The van der Waals surface area contributed by atoms with Crippen LogP contribution in [-0.2, 0) is 9.47 Å². The van der Waals surface area contributed by atoms with E-state index in [1.807, 2.05) is 26.1 Å². The molecule has 1 atom stereocenters. The lowest BCUT2D eigenvalue weighted by Crippen LogP contribution is -2.49. The van der Waals surface area contributed by atoms with Crippen molar-refractivity contribution in [3.8, 4) is 0 Å². The highest BCUT2D eigenvalue weighted by atomic mass is 79.9. The molecule has 1 heterocycles. The van der Waals surface area contributed by atoms with E-state index in [0.717, 1.165) is 12.8 Å². The smallest absolute Gasteiger partial charge is 0.142 e. The van der Waals surface area contributed by atoms with Crippen LogP contribution < -0.4 is 5.32 Å². The van der Waals surface area contributed by atoms with E-state index in [4.69, 9.17) is 9.47 Å². The summed E-state index contributed by atoms with van der Waals surface area (Å²) in [6.07, 6.45) is 1.52. The van der Waals surface area contributed by atoms with Gasteiger partial charge in [0.2, 0.25) is 0 Å². The lowest BCUT2D eigenvalue weighted by molar-refractivity contribution is -0.127. The van der Waals surface area contributed by atoms with Crippen molar-refractivity contribution in [2.45, 2.75) is 31.4 Å². The van der Waals surface area contributed by atoms with E-state index < -0.39 is 5.60 Å². The van der Waals surface area contributed by atoms with Crippen LogP contribution >= 0.6 is 15.9 Å². The summed E-state index contributed by atoms with van der Waals surface area (Å²) in [4.78, 5) is 0. The van der Waals surface area contributed by atoms with Crippen molar-refractivity contribution < 1.29 is 13.9 Å². The largest absolute Gasteiger partial charge is 0.381 e. The fraction of sp³-hybridized carbons (Fsp3) is 0.600. The minimum Gasteiger partial charge on any atom is -0.381 e. The van der Waals surface area contributed by atoms with E-state index in [-0.39, 0.29) is 11.9 Å². The van der Waals surface area contributed by atoms with Crippen LogP contribution in [0.4, 0.5) is 4.39 Å². The van der Waals surface area contributed by atoms with Crippen molar-refractivity contribution >= 4 is 15.9 Å². The molecule has 0 aromatic heterocycles. The number of benzene rings is 1. The molecule has 1 saturated heterocycles. The third-order valence-electron chi connectivity index (χ3n) is 3.88. The Labute approximate surface area is 128 Å². The van der Waals surface area contributed by atoms with Crippen molar-refractivity contribution in [2.75, 3.05) is 26.9 Å². The molecule has 1 aromatic carbocycles. The number of hydrogen-bond acceptors (Lipinski definition) is 3. The zero-order valence-corrected chi connectivity index (χ0v) is 13.5. The second-order valence-corrected chi connectivity index (χ2v) is 5.83. The Morgan fingerprint density at radius 3 is 2.75 bits per heavy atom. The van der Waals surface area contributed by atoms with Gasteiger partial charge >= 0.3 is 0 Å². The van der Waals surface area contributed by atoms with Gasteiger partial charge in [0, 0.05) is 38.2 Å². The highest BCUT2D eigenvalue weighted by Gasteiger charge is 2.42. The second kappa shape index (κ2) is 6.98. The molecule has 1 N–H and O–H groups in total. The van der Waals surface area contributed by atoms with Gasteiger partial charge in [0.25, 0.3) is 0 Å². The number of likely N-dealkylation sites (N-methyl/N-ethyl adjacent to an activating group) is 1. The van der Waals surface area contributed by atoms with E-state index in [9.17, 15) is 4.39 Å². The number of hydrogen-bond donors (Lipinski definition) is 1. The average Bonchev–Trinajstić information content (AvgIpc) is 2.45. The van der Waals surface area contributed by atoms with Gasteiger partial charge < -0.3 is 14.8 Å². The van der Waals surface area contributed by atoms with Crippen molar-refractivity contribution in [1.82, 2.24) is 5.32 Å². The predicted octanol–water partition coefficient (Wildman–Crippen LogP) is 3.43. The third-order valence-corrected chi connectivity index (χ3v) is 4.49. The third kappa shape index (κ3) is 3.06. The minimum absolute atomic E-state index is 0.191. The lowest BCUT2D eigenvalue weighted by Gasteiger charge is -2.43. The van der Waals surface area contributed by atoms with E-state index in [0.29, 0.717) is 29.9 Å². The summed E-state index contributed by atoms with van der Waals surface area (Å²) < 4.78 is 26.4. The van der Waals surface area contributed by atoms with Crippen LogP contribution in [0, 0.1) is 5.82 Å². The van der Waals surface area contributed by atoms with Crippen LogP contribution in [0.2, 0.25) is 0 Å². The monoisotopic (exact) mass is 345 g/mol. The maximum Gasteiger partial charge on any atom is 0.142 e. The molecule has 0 spiro atoms. The SMILES string of the molecule is CCOC1(C(NC)c2cccc(Br)c2F)CCOCC1. The van der Waals surface area contributed by atoms with Crippen molar-refractivity contribution in [3.05, 3.63) is 34.1 Å². The Balaban J connectivity index is 2.39. The second-order valence-electron chi connectivity index (χ2n) is 4.97. The molecule has 112 valence electrons. The predicted molar refractivity (Wildman–Crippen MR) is 80.3 cm³/mol. The summed E-state index contributed by atoms with van der Waals surface area (Å²) in [5.41, 5.74) is 0.223. The maximum absolute atomic E-state index is 14.4. The Hall–Kier alpha value is -0.490. The van der Waals surface area contributed by atoms with Gasteiger partial charge in [-0.15, -0.1) is 0 Å². The van der Waals surface area contributed by atoms with E-state index in [1.165, 1.54) is 0 Å². The summed E-state index contributed by atoms with van der Waals surface area (Å²) in [5, 5.41) is 3.24. The molecular formula is C15H21BrFNO2. The first-order valence-corrected chi connectivity index (χ1v) is 7.77. The van der Waals surface area contributed by atoms with Gasteiger partial charge in [-0.1, -0.05) is 12.1 Å². The molecule has 1 aliphatic heterocycles. The van der Waals surface area contributed by atoms with Crippen molar-refractivity contribution in [1.29, 1.82) is 0 Å². The van der Waals surface area contributed by atoms with Crippen molar-refractivity contribution in [2.24, 2.45) is 0 Å². The zero-order valence-electron chi connectivity index (χ0n) is 11.9. The molecule has 1 aliphatic rings. The molecule has 20 heavy (non-hydrogen) atoms. The average molecular weight is 346 g/mol. The molecule has 5 heteroatoms. The summed E-state index contributed by atoms with van der Waals surface area (Å²) in [5.74, 6) is -0.225. The van der Waals surface area contributed by atoms with Crippen LogP contribution in [0.25, 0.3) is 0 Å². The first-order valence-electron chi connectivity index (χ1n) is 6.97. The molecular weight excluding hydrogens is 325 g/mol. The summed E-state index contributed by atoms with van der Waals surface area (Å²) >= 11 is 3.26. The Kier molecular flexibility index (Phi) is 5.55. The van der Waals surface area contributed by atoms with Gasteiger partial charge in [0.1, 0.15) is 5.82 Å². The van der Waals surface area contributed by atoms with Crippen LogP contribution in [0.1, 0.15) is 31.4 Å². The summed E-state index contributed by atoms with van der Waals surface area (Å²) in [6, 6.07) is 5.19. The van der Waals surface area contributed by atoms with Crippen LogP contribution in [0.15, 0.2) is 22.7 Å². The van der Waals surface area contributed by atoms with Gasteiger partial charge in [0.05, 0.1) is 16.1 Å². The maximum atomic E-state index is 14.4. The quantitative estimate of drug-likeness (QED) is 0.886. The number of ether oxygens (including phenoxy) is 2. The molecule has 0 bridgehead atoms. The molecule has 2 rings (SSSR count). The highest BCUT2D eigenvalue weighted by molar-refractivity contribution is 9.10. The van der Waals surface area contributed by atoms with E-state index in [1.54, 1.807) is 6.07 Å². The molecule has 3 nitrogen and oxygen atoms in total. The van der Waals surface area contributed by atoms with Crippen LogP contribution in [-0.4, -0.2) is 32.5 Å². The molecule has 1 aromatic rings. The minimum atomic E-state index is -0.413. The van der Waals surface area contributed by atoms with E-state index in [2.05, 4.69) is 21.2 Å². The molecule has 0 amide bonds. The summed E-state index contributed by atoms with van der Waals surface area (Å²) in [7, 11) is 1.85. The lowest BCUT2D eigenvalue weighted by atomic mass is 9.82. The van der Waals surface area contributed by atoms with E-state index >= 15 is 0 Å². The fourth-order valence-electron chi connectivity index (χ4n) is 2.97. The first-order chi connectivity index (χ1) is 9.64. The Morgan fingerprint density at radius 2 is 2.15 bits per heavy atom. The molecule has 0 saturated carbocycles. The number of rotatable bonds is 5. The van der Waals surface area contributed by atoms with Crippen LogP contribution in [0.5, 0.6) is 0 Å². The highest BCUT2D eigenvalue weighted by Crippen LogP contribution is 2.39. The van der Waals surface area contributed by atoms with Crippen LogP contribution in [0.3, 0.4) is 0 Å². The van der Waals surface area contributed by atoms with Crippen molar-refractivity contribution in [3.63, 3.8) is 0 Å². The van der Waals surface area contributed by atoms with Gasteiger partial charge in [-0.2, -0.15) is 0 Å². The topological polar surface area (TPSA) is 30.5 Å². The molecule has 1 fully saturated rings. The molecule has 0 radical (unpaired) electrons.